The first kappa shape index (κ1) is 20.2. The number of nitrogens with zero attached hydrogens (tertiary/aromatic N) is 2. The molecule has 158 valence electrons. The Kier molecular flexibility index (Phi) is 6.18. The van der Waals surface area contributed by atoms with Crippen molar-refractivity contribution in [2.24, 2.45) is 0 Å². The number of amides is 3. The maximum atomic E-state index is 12.8. The summed E-state index contributed by atoms with van der Waals surface area (Å²) in [6.07, 6.45) is 2.18. The molecule has 0 spiro atoms. The van der Waals surface area contributed by atoms with Crippen LogP contribution in [0.2, 0.25) is 0 Å². The molecule has 2 fully saturated rings. The minimum atomic E-state index is -0.155. The van der Waals surface area contributed by atoms with Crippen LogP contribution in [-0.2, 0) is 4.79 Å². The number of nitrogens with one attached hydrogen (secondary N) is 2. The van der Waals surface area contributed by atoms with Gasteiger partial charge in [-0.15, -0.1) is 0 Å². The van der Waals surface area contributed by atoms with E-state index in [4.69, 9.17) is 4.74 Å². The number of rotatable bonds is 6. The average molecular weight is 409 g/mol. The van der Waals surface area contributed by atoms with E-state index in [1.165, 1.54) is 0 Å². The van der Waals surface area contributed by atoms with Gasteiger partial charge in [0.1, 0.15) is 5.75 Å². The van der Waals surface area contributed by atoms with Crippen molar-refractivity contribution in [3.05, 3.63) is 54.1 Å². The second kappa shape index (κ2) is 9.17. The van der Waals surface area contributed by atoms with Gasteiger partial charge in [0, 0.05) is 32.2 Å². The second-order valence-electron chi connectivity index (χ2n) is 7.95. The number of urea groups is 1. The summed E-state index contributed by atoms with van der Waals surface area (Å²) in [6, 6.07) is 15.5. The summed E-state index contributed by atoms with van der Waals surface area (Å²) >= 11 is 0. The summed E-state index contributed by atoms with van der Waals surface area (Å²) in [4.78, 5) is 28.6. The summed E-state index contributed by atoms with van der Waals surface area (Å²) in [7, 11) is 0. The number of hydrogen-bond acceptors (Lipinski definition) is 4. The molecule has 1 heterocycles. The number of anilines is 1. The fourth-order valence-corrected chi connectivity index (χ4v) is 3.47. The van der Waals surface area contributed by atoms with Gasteiger partial charge >= 0.3 is 6.03 Å². The lowest BCUT2D eigenvalue weighted by Gasteiger charge is -2.34. The van der Waals surface area contributed by atoms with Gasteiger partial charge in [-0.05, 0) is 49.6 Å². The van der Waals surface area contributed by atoms with Crippen molar-refractivity contribution in [3.63, 3.8) is 0 Å². The van der Waals surface area contributed by atoms with E-state index in [-0.39, 0.29) is 11.9 Å². The number of carbonyl (C=O) groups is 2. The molecule has 0 atom stereocenters. The second-order valence-corrected chi connectivity index (χ2v) is 7.95. The third-order valence-electron chi connectivity index (χ3n) is 5.32. The van der Waals surface area contributed by atoms with Crippen LogP contribution < -0.4 is 15.4 Å². The van der Waals surface area contributed by atoms with E-state index in [2.05, 4.69) is 15.5 Å². The molecule has 1 aliphatic carbocycles. The third-order valence-corrected chi connectivity index (χ3v) is 5.32. The Bertz CT molecular complexity index is 905. The largest absolute Gasteiger partial charge is 0.455 e. The van der Waals surface area contributed by atoms with Crippen molar-refractivity contribution in [2.45, 2.75) is 25.8 Å². The quantitative estimate of drug-likeness (QED) is 0.770. The molecule has 1 aliphatic heterocycles. The Morgan fingerprint density at radius 2 is 1.80 bits per heavy atom. The summed E-state index contributed by atoms with van der Waals surface area (Å²) in [5.74, 6) is 1.42. The van der Waals surface area contributed by atoms with Crippen molar-refractivity contribution in [1.82, 2.24) is 15.1 Å². The number of carbonyl (C=O) groups excluding carboxylic acids is 2. The molecule has 2 N–H and O–H groups in total. The Balaban J connectivity index is 1.30. The molecule has 7 heteroatoms. The van der Waals surface area contributed by atoms with Crippen LogP contribution in [0, 0.1) is 6.92 Å². The van der Waals surface area contributed by atoms with Gasteiger partial charge in [-0.3, -0.25) is 9.69 Å². The monoisotopic (exact) mass is 408 g/mol. The lowest BCUT2D eigenvalue weighted by atomic mass is 10.2. The first-order valence-corrected chi connectivity index (χ1v) is 10.5. The molecule has 2 aliphatic rings. The minimum Gasteiger partial charge on any atom is -0.455 e. The predicted molar refractivity (Wildman–Crippen MR) is 116 cm³/mol. The van der Waals surface area contributed by atoms with E-state index in [9.17, 15) is 9.59 Å². The van der Waals surface area contributed by atoms with Crippen LogP contribution in [0.15, 0.2) is 48.5 Å². The number of para-hydroxylation sites is 2. The highest BCUT2D eigenvalue weighted by Gasteiger charge is 2.26. The van der Waals surface area contributed by atoms with Gasteiger partial charge in [0.2, 0.25) is 5.91 Å². The number of piperazine rings is 1. The molecule has 1 saturated carbocycles. The van der Waals surface area contributed by atoms with Crippen LogP contribution in [0.1, 0.15) is 18.4 Å². The topological polar surface area (TPSA) is 73.9 Å². The zero-order valence-corrected chi connectivity index (χ0v) is 17.3. The fourth-order valence-electron chi connectivity index (χ4n) is 3.47. The molecule has 2 aromatic carbocycles. The number of aryl methyl sites for hydroxylation is 1. The molecule has 1 saturated heterocycles. The predicted octanol–water partition coefficient (Wildman–Crippen LogP) is 3.22. The Morgan fingerprint density at radius 1 is 1.03 bits per heavy atom. The smallest absolute Gasteiger partial charge is 0.322 e. The molecule has 30 heavy (non-hydrogen) atoms. The third kappa shape index (κ3) is 5.51. The van der Waals surface area contributed by atoms with Gasteiger partial charge < -0.3 is 20.3 Å². The van der Waals surface area contributed by atoms with Gasteiger partial charge in [0.15, 0.2) is 5.75 Å². The standard InChI is InChI=1S/C23H28N4O3/c1-17-5-4-6-19(15-17)30-21-8-3-2-7-20(21)25-23(29)27-13-11-26(12-14-27)16-22(28)24-18-9-10-18/h2-8,15,18H,9-14,16H2,1H3,(H,24,28)(H,25,29). The lowest BCUT2D eigenvalue weighted by molar-refractivity contribution is -0.122. The molecular weight excluding hydrogens is 380 g/mol. The van der Waals surface area contributed by atoms with Crippen LogP contribution in [0.4, 0.5) is 10.5 Å². The number of hydrogen-bond donors (Lipinski definition) is 2. The van der Waals surface area contributed by atoms with Gasteiger partial charge in [-0.2, -0.15) is 0 Å². The molecule has 3 amide bonds. The highest BCUT2D eigenvalue weighted by molar-refractivity contribution is 5.91. The summed E-state index contributed by atoms with van der Waals surface area (Å²) in [6.45, 7) is 4.96. The Hall–Kier alpha value is -3.06. The number of benzene rings is 2. The molecule has 0 radical (unpaired) electrons. The van der Waals surface area contributed by atoms with E-state index in [1.54, 1.807) is 4.90 Å². The Labute approximate surface area is 177 Å². The first-order chi connectivity index (χ1) is 14.6. The van der Waals surface area contributed by atoms with Crippen LogP contribution in [0.3, 0.4) is 0 Å². The molecule has 0 bridgehead atoms. The number of ether oxygens (including phenoxy) is 1. The van der Waals surface area contributed by atoms with Crippen molar-refractivity contribution < 1.29 is 14.3 Å². The zero-order chi connectivity index (χ0) is 20.9. The zero-order valence-electron chi connectivity index (χ0n) is 17.3. The van der Waals surface area contributed by atoms with Gasteiger partial charge in [0.25, 0.3) is 0 Å². The molecule has 2 aromatic rings. The molecule has 7 nitrogen and oxygen atoms in total. The van der Waals surface area contributed by atoms with E-state index in [0.29, 0.717) is 50.2 Å². The highest BCUT2D eigenvalue weighted by atomic mass is 16.5. The molecule has 0 aromatic heterocycles. The van der Waals surface area contributed by atoms with Crippen molar-refractivity contribution in [2.75, 3.05) is 38.0 Å². The van der Waals surface area contributed by atoms with Gasteiger partial charge in [-0.1, -0.05) is 24.3 Å². The van der Waals surface area contributed by atoms with Gasteiger partial charge in [-0.25, -0.2) is 4.79 Å². The van der Waals surface area contributed by atoms with E-state index < -0.39 is 0 Å². The van der Waals surface area contributed by atoms with E-state index >= 15 is 0 Å². The molecular formula is C23H28N4O3. The summed E-state index contributed by atoms with van der Waals surface area (Å²) < 4.78 is 5.99. The maximum Gasteiger partial charge on any atom is 0.322 e. The summed E-state index contributed by atoms with van der Waals surface area (Å²) in [5, 5.41) is 5.98. The fraction of sp³-hybridized carbons (Fsp3) is 0.391. The molecule has 4 rings (SSSR count). The first-order valence-electron chi connectivity index (χ1n) is 10.5. The maximum absolute atomic E-state index is 12.8. The van der Waals surface area contributed by atoms with Crippen LogP contribution in [-0.4, -0.2) is 60.5 Å². The summed E-state index contributed by atoms with van der Waals surface area (Å²) in [5.41, 5.74) is 1.74. The SMILES string of the molecule is Cc1cccc(Oc2ccccc2NC(=O)N2CCN(CC(=O)NC3CC3)CC2)c1. The van der Waals surface area contributed by atoms with Crippen LogP contribution in [0.5, 0.6) is 11.5 Å². The normalized spacial score (nSPS) is 16.8. The van der Waals surface area contributed by atoms with Crippen LogP contribution >= 0.6 is 0 Å². The molecule has 0 unspecified atom stereocenters. The van der Waals surface area contributed by atoms with Crippen molar-refractivity contribution in [3.8, 4) is 11.5 Å². The van der Waals surface area contributed by atoms with Crippen molar-refractivity contribution in [1.29, 1.82) is 0 Å². The van der Waals surface area contributed by atoms with E-state index in [0.717, 1.165) is 24.2 Å². The minimum absolute atomic E-state index is 0.0811. The highest BCUT2D eigenvalue weighted by Crippen LogP contribution is 2.30. The average Bonchev–Trinajstić information content (AvgIpc) is 3.54. The van der Waals surface area contributed by atoms with Gasteiger partial charge in [0.05, 0.1) is 12.2 Å². The lowest BCUT2D eigenvalue weighted by Crippen LogP contribution is -2.52. The van der Waals surface area contributed by atoms with Crippen LogP contribution in [0.25, 0.3) is 0 Å². The van der Waals surface area contributed by atoms with E-state index in [1.807, 2.05) is 55.5 Å². The van der Waals surface area contributed by atoms with Crippen molar-refractivity contribution >= 4 is 17.6 Å². The Morgan fingerprint density at radius 3 is 2.53 bits per heavy atom.